The first-order valence-electron chi connectivity index (χ1n) is 9.77. The van der Waals surface area contributed by atoms with E-state index in [4.69, 9.17) is 9.47 Å². The summed E-state index contributed by atoms with van der Waals surface area (Å²) in [5.74, 6) is 0.919. The van der Waals surface area contributed by atoms with Crippen LogP contribution in [0, 0.1) is 0 Å². The van der Waals surface area contributed by atoms with Crippen LogP contribution in [0.15, 0.2) is 42.5 Å². The number of nitrogens with one attached hydrogen (secondary N) is 2. The minimum atomic E-state index is -0.409. The van der Waals surface area contributed by atoms with Gasteiger partial charge in [-0.2, -0.15) is 0 Å². The fourth-order valence-corrected chi connectivity index (χ4v) is 3.45. The fourth-order valence-electron chi connectivity index (χ4n) is 3.45. The molecule has 1 aliphatic rings. The number of rotatable bonds is 6. The van der Waals surface area contributed by atoms with Crippen LogP contribution >= 0.6 is 0 Å². The monoisotopic (exact) mass is 413 g/mol. The van der Waals surface area contributed by atoms with E-state index in [9.17, 15) is 9.59 Å². The van der Waals surface area contributed by atoms with Crippen molar-refractivity contribution in [2.45, 2.75) is 18.9 Å². The predicted octanol–water partition coefficient (Wildman–Crippen LogP) is 3.60. The van der Waals surface area contributed by atoms with Crippen molar-refractivity contribution in [3.8, 4) is 11.5 Å². The molecule has 1 saturated heterocycles. The lowest BCUT2D eigenvalue weighted by Crippen LogP contribution is -2.46. The van der Waals surface area contributed by atoms with E-state index in [2.05, 4.69) is 15.4 Å². The zero-order chi connectivity index (χ0) is 21.5. The van der Waals surface area contributed by atoms with Crippen molar-refractivity contribution >= 4 is 23.4 Å². The number of likely N-dealkylation sites (tertiary alicyclic amines) is 1. The molecule has 1 atom stereocenters. The Morgan fingerprint density at radius 3 is 2.33 bits per heavy atom. The third kappa shape index (κ3) is 5.14. The quantitative estimate of drug-likeness (QED) is 0.704. The highest BCUT2D eigenvalue weighted by atomic mass is 16.5. The van der Waals surface area contributed by atoms with Gasteiger partial charge in [-0.3, -0.25) is 0 Å². The maximum Gasteiger partial charge on any atom is 0.337 e. The number of piperidine rings is 1. The molecule has 3 rings (SSSR count). The molecule has 1 heterocycles. The van der Waals surface area contributed by atoms with E-state index in [1.807, 2.05) is 18.2 Å². The van der Waals surface area contributed by atoms with Crippen LogP contribution in [0.3, 0.4) is 0 Å². The molecule has 30 heavy (non-hydrogen) atoms. The number of benzene rings is 2. The number of amides is 2. The maximum atomic E-state index is 12.7. The van der Waals surface area contributed by atoms with Crippen LogP contribution in [0.2, 0.25) is 0 Å². The van der Waals surface area contributed by atoms with E-state index in [0.29, 0.717) is 35.8 Å². The predicted molar refractivity (Wildman–Crippen MR) is 115 cm³/mol. The van der Waals surface area contributed by atoms with Crippen molar-refractivity contribution in [1.29, 1.82) is 0 Å². The van der Waals surface area contributed by atoms with E-state index >= 15 is 0 Å². The molecule has 2 amide bonds. The SMILES string of the molecule is COC(=O)c1ccc(NC(=O)N2CCCC(Nc3ccc(OC)c(OC)c3)C2)cc1. The Balaban J connectivity index is 1.59. The second kappa shape index (κ2) is 9.87. The van der Waals surface area contributed by atoms with Gasteiger partial charge in [-0.05, 0) is 49.2 Å². The van der Waals surface area contributed by atoms with Gasteiger partial charge < -0.3 is 29.7 Å². The molecule has 0 aliphatic carbocycles. The number of nitrogens with zero attached hydrogens (tertiary/aromatic N) is 1. The summed E-state index contributed by atoms with van der Waals surface area (Å²) in [7, 11) is 4.54. The number of urea groups is 1. The normalized spacial score (nSPS) is 15.8. The highest BCUT2D eigenvalue weighted by Crippen LogP contribution is 2.30. The average molecular weight is 413 g/mol. The Morgan fingerprint density at radius 1 is 0.967 bits per heavy atom. The molecule has 0 spiro atoms. The second-order valence-corrected chi connectivity index (χ2v) is 7.00. The summed E-state index contributed by atoms with van der Waals surface area (Å²) in [6.07, 6.45) is 1.87. The van der Waals surface area contributed by atoms with E-state index in [0.717, 1.165) is 18.5 Å². The summed E-state index contributed by atoms with van der Waals surface area (Å²) in [5.41, 5.74) is 1.98. The van der Waals surface area contributed by atoms with Gasteiger partial charge in [0.25, 0.3) is 0 Å². The molecule has 0 aromatic heterocycles. The average Bonchev–Trinajstić information content (AvgIpc) is 2.79. The molecule has 1 fully saturated rings. The van der Waals surface area contributed by atoms with Gasteiger partial charge in [-0.1, -0.05) is 0 Å². The molecular weight excluding hydrogens is 386 g/mol. The number of hydrogen-bond acceptors (Lipinski definition) is 6. The van der Waals surface area contributed by atoms with Crippen molar-refractivity contribution in [2.75, 3.05) is 45.1 Å². The van der Waals surface area contributed by atoms with Gasteiger partial charge in [0, 0.05) is 36.6 Å². The number of methoxy groups -OCH3 is 3. The van der Waals surface area contributed by atoms with E-state index in [1.54, 1.807) is 43.4 Å². The lowest BCUT2D eigenvalue weighted by Gasteiger charge is -2.33. The van der Waals surface area contributed by atoms with Gasteiger partial charge in [0.1, 0.15) is 0 Å². The highest BCUT2D eigenvalue weighted by molar-refractivity contribution is 5.92. The number of hydrogen-bond donors (Lipinski definition) is 2. The largest absolute Gasteiger partial charge is 0.493 e. The lowest BCUT2D eigenvalue weighted by molar-refractivity contribution is 0.0600. The van der Waals surface area contributed by atoms with Crippen LogP contribution in [0.4, 0.5) is 16.2 Å². The molecule has 160 valence electrons. The van der Waals surface area contributed by atoms with Gasteiger partial charge in [-0.15, -0.1) is 0 Å². The zero-order valence-corrected chi connectivity index (χ0v) is 17.4. The minimum Gasteiger partial charge on any atom is -0.493 e. The molecule has 1 unspecified atom stereocenters. The van der Waals surface area contributed by atoms with Crippen LogP contribution in [0.5, 0.6) is 11.5 Å². The molecule has 0 saturated carbocycles. The number of carbonyl (C=O) groups is 2. The van der Waals surface area contributed by atoms with Crippen molar-refractivity contribution in [1.82, 2.24) is 4.90 Å². The number of anilines is 2. The lowest BCUT2D eigenvalue weighted by atomic mass is 10.1. The molecule has 8 heteroatoms. The van der Waals surface area contributed by atoms with Crippen LogP contribution in [-0.4, -0.2) is 57.4 Å². The minimum absolute atomic E-state index is 0.129. The summed E-state index contributed by atoms with van der Waals surface area (Å²) in [6, 6.07) is 12.3. The first-order valence-corrected chi connectivity index (χ1v) is 9.77. The van der Waals surface area contributed by atoms with Gasteiger partial charge >= 0.3 is 12.0 Å². The van der Waals surface area contributed by atoms with Crippen molar-refractivity contribution < 1.29 is 23.8 Å². The van der Waals surface area contributed by atoms with Crippen molar-refractivity contribution in [2.24, 2.45) is 0 Å². The topological polar surface area (TPSA) is 89.1 Å². The molecule has 2 aromatic carbocycles. The third-order valence-electron chi connectivity index (χ3n) is 5.02. The molecule has 0 radical (unpaired) electrons. The molecule has 8 nitrogen and oxygen atoms in total. The Bertz CT molecular complexity index is 885. The smallest absolute Gasteiger partial charge is 0.337 e. The fraction of sp³-hybridized carbons (Fsp3) is 0.364. The standard InChI is InChI=1S/C22H27N3O5/c1-28-19-11-10-17(13-20(19)29-2)23-18-5-4-12-25(14-18)22(27)24-16-8-6-15(7-9-16)21(26)30-3/h6-11,13,18,23H,4-5,12,14H2,1-3H3,(H,24,27). The Morgan fingerprint density at radius 2 is 1.67 bits per heavy atom. The van der Waals surface area contributed by atoms with E-state index < -0.39 is 5.97 Å². The molecule has 0 bridgehead atoms. The van der Waals surface area contributed by atoms with Gasteiger partial charge in [0.2, 0.25) is 0 Å². The van der Waals surface area contributed by atoms with E-state index in [-0.39, 0.29) is 12.1 Å². The molecule has 1 aliphatic heterocycles. The zero-order valence-electron chi connectivity index (χ0n) is 17.4. The Labute approximate surface area is 176 Å². The van der Waals surface area contributed by atoms with Crippen molar-refractivity contribution in [3.05, 3.63) is 48.0 Å². The van der Waals surface area contributed by atoms with Crippen LogP contribution < -0.4 is 20.1 Å². The van der Waals surface area contributed by atoms with Crippen molar-refractivity contribution in [3.63, 3.8) is 0 Å². The number of carbonyl (C=O) groups excluding carboxylic acids is 2. The molecule has 2 N–H and O–H groups in total. The summed E-state index contributed by atoms with van der Waals surface area (Å²) in [4.78, 5) is 26.0. The number of esters is 1. The summed E-state index contributed by atoms with van der Waals surface area (Å²) in [5, 5.41) is 6.36. The summed E-state index contributed by atoms with van der Waals surface area (Å²) < 4.78 is 15.3. The first kappa shape index (κ1) is 21.3. The van der Waals surface area contributed by atoms with Gasteiger partial charge in [0.15, 0.2) is 11.5 Å². The van der Waals surface area contributed by atoms with Crippen LogP contribution in [-0.2, 0) is 4.74 Å². The Kier molecular flexibility index (Phi) is 7.00. The molecule has 2 aromatic rings. The third-order valence-corrected chi connectivity index (χ3v) is 5.02. The van der Waals surface area contributed by atoms with Crippen LogP contribution in [0.1, 0.15) is 23.2 Å². The second-order valence-electron chi connectivity index (χ2n) is 7.00. The Hall–Kier alpha value is -3.42. The van der Waals surface area contributed by atoms with Gasteiger partial charge in [0.05, 0.1) is 26.9 Å². The van der Waals surface area contributed by atoms with Gasteiger partial charge in [-0.25, -0.2) is 9.59 Å². The number of ether oxygens (including phenoxy) is 3. The molecular formula is C22H27N3O5. The summed E-state index contributed by atoms with van der Waals surface area (Å²) >= 11 is 0. The first-order chi connectivity index (χ1) is 14.5. The van der Waals surface area contributed by atoms with E-state index in [1.165, 1.54) is 7.11 Å². The summed E-state index contributed by atoms with van der Waals surface area (Å²) in [6.45, 7) is 1.27. The maximum absolute atomic E-state index is 12.7. The van der Waals surface area contributed by atoms with Crippen LogP contribution in [0.25, 0.3) is 0 Å². The highest BCUT2D eigenvalue weighted by Gasteiger charge is 2.24.